The molecule has 0 aromatic heterocycles. The summed E-state index contributed by atoms with van der Waals surface area (Å²) in [4.78, 5) is 35.1. The van der Waals surface area contributed by atoms with Crippen LogP contribution < -0.4 is 16.4 Å². The molecule has 2 amide bonds. The molecule has 0 aliphatic carbocycles. The summed E-state index contributed by atoms with van der Waals surface area (Å²) in [7, 11) is -3.88. The SMILES string of the molecule is NCC(=O)NCC(NC(=O)C1CCCN1S(=O)(=O)c1ccccc1)C(=O)O. The lowest BCUT2D eigenvalue weighted by molar-refractivity contribution is -0.142. The molecule has 1 aromatic carbocycles. The number of nitrogens with zero attached hydrogens (tertiary/aromatic N) is 1. The summed E-state index contributed by atoms with van der Waals surface area (Å²) < 4.78 is 26.6. The van der Waals surface area contributed by atoms with Gasteiger partial charge in [0.15, 0.2) is 0 Å². The number of carboxylic acid groups (broad SMARTS) is 1. The summed E-state index contributed by atoms with van der Waals surface area (Å²) in [5.74, 6) is -2.64. The third-order valence-corrected chi connectivity index (χ3v) is 6.08. The fourth-order valence-electron chi connectivity index (χ4n) is 2.77. The Morgan fingerprint density at radius 1 is 1.26 bits per heavy atom. The summed E-state index contributed by atoms with van der Waals surface area (Å²) in [6.07, 6.45) is 0.755. The molecule has 11 heteroatoms. The van der Waals surface area contributed by atoms with Crippen LogP contribution >= 0.6 is 0 Å². The molecule has 1 aliphatic heterocycles. The van der Waals surface area contributed by atoms with Crippen molar-refractivity contribution in [2.45, 2.75) is 29.8 Å². The van der Waals surface area contributed by atoms with Crippen molar-refractivity contribution in [2.75, 3.05) is 19.6 Å². The first-order valence-electron chi connectivity index (χ1n) is 8.34. The van der Waals surface area contributed by atoms with Gasteiger partial charge in [-0.3, -0.25) is 9.59 Å². The topological polar surface area (TPSA) is 159 Å². The Morgan fingerprint density at radius 3 is 2.52 bits per heavy atom. The molecule has 0 spiro atoms. The number of carboxylic acids is 1. The fraction of sp³-hybridized carbons (Fsp3) is 0.438. The van der Waals surface area contributed by atoms with Gasteiger partial charge in [-0.25, -0.2) is 13.2 Å². The number of hydrogen-bond acceptors (Lipinski definition) is 6. The van der Waals surface area contributed by atoms with Crippen LogP contribution in [0.4, 0.5) is 0 Å². The van der Waals surface area contributed by atoms with Gasteiger partial charge in [0.05, 0.1) is 11.4 Å². The van der Waals surface area contributed by atoms with E-state index in [1.807, 2.05) is 0 Å². The number of amides is 2. The van der Waals surface area contributed by atoms with E-state index in [0.717, 1.165) is 4.31 Å². The van der Waals surface area contributed by atoms with Crippen molar-refractivity contribution in [3.63, 3.8) is 0 Å². The molecule has 1 heterocycles. The van der Waals surface area contributed by atoms with Crippen LogP contribution in [0.2, 0.25) is 0 Å². The molecule has 27 heavy (non-hydrogen) atoms. The van der Waals surface area contributed by atoms with Crippen LogP contribution in [0, 0.1) is 0 Å². The molecular weight excluding hydrogens is 376 g/mol. The maximum absolute atomic E-state index is 12.8. The number of nitrogens with one attached hydrogen (secondary N) is 2. The van der Waals surface area contributed by atoms with Gasteiger partial charge in [-0.05, 0) is 25.0 Å². The lowest BCUT2D eigenvalue weighted by Crippen LogP contribution is -2.54. The molecule has 1 fully saturated rings. The minimum atomic E-state index is -3.88. The van der Waals surface area contributed by atoms with E-state index in [-0.39, 0.29) is 31.0 Å². The third kappa shape index (κ3) is 5.02. The number of rotatable bonds is 8. The Morgan fingerprint density at radius 2 is 1.93 bits per heavy atom. The van der Waals surface area contributed by atoms with E-state index in [1.54, 1.807) is 18.2 Å². The van der Waals surface area contributed by atoms with Gasteiger partial charge >= 0.3 is 5.97 Å². The zero-order chi connectivity index (χ0) is 20.0. The fourth-order valence-corrected chi connectivity index (χ4v) is 4.45. The van der Waals surface area contributed by atoms with Gasteiger partial charge < -0.3 is 21.5 Å². The van der Waals surface area contributed by atoms with Crippen LogP contribution in [0.25, 0.3) is 0 Å². The average molecular weight is 398 g/mol. The van der Waals surface area contributed by atoms with Crippen molar-refractivity contribution < 1.29 is 27.9 Å². The second-order valence-corrected chi connectivity index (χ2v) is 7.89. The number of aliphatic carboxylic acids is 1. The number of nitrogens with two attached hydrogens (primary N) is 1. The summed E-state index contributed by atoms with van der Waals surface area (Å²) in [6.45, 7) is -0.502. The zero-order valence-corrected chi connectivity index (χ0v) is 15.3. The predicted molar refractivity (Wildman–Crippen MR) is 95.0 cm³/mol. The predicted octanol–water partition coefficient (Wildman–Crippen LogP) is -1.52. The second-order valence-electron chi connectivity index (χ2n) is 5.99. The standard InChI is InChI=1S/C16H22N4O6S/c17-9-14(21)18-10-12(16(23)24)19-15(22)13-7-4-8-20(13)27(25,26)11-5-2-1-3-6-11/h1-3,5-6,12-13H,4,7-10,17H2,(H,18,21)(H,19,22)(H,23,24). The Labute approximate surface area is 156 Å². The van der Waals surface area contributed by atoms with Crippen molar-refractivity contribution in [1.82, 2.24) is 14.9 Å². The van der Waals surface area contributed by atoms with Crippen molar-refractivity contribution in [1.29, 1.82) is 0 Å². The highest BCUT2D eigenvalue weighted by Crippen LogP contribution is 2.26. The van der Waals surface area contributed by atoms with Crippen molar-refractivity contribution >= 4 is 27.8 Å². The molecule has 10 nitrogen and oxygen atoms in total. The first-order valence-corrected chi connectivity index (χ1v) is 9.78. The Kier molecular flexibility index (Phi) is 6.88. The van der Waals surface area contributed by atoms with Gasteiger partial charge in [0.1, 0.15) is 12.1 Å². The van der Waals surface area contributed by atoms with Crippen molar-refractivity contribution in [2.24, 2.45) is 5.73 Å². The molecule has 148 valence electrons. The molecule has 1 aliphatic rings. The molecular formula is C16H22N4O6S. The molecule has 1 saturated heterocycles. The van der Waals surface area contributed by atoms with E-state index in [2.05, 4.69) is 10.6 Å². The van der Waals surface area contributed by atoms with Gasteiger partial charge in [-0.1, -0.05) is 18.2 Å². The molecule has 5 N–H and O–H groups in total. The van der Waals surface area contributed by atoms with Crippen LogP contribution in [0.15, 0.2) is 35.2 Å². The molecule has 0 radical (unpaired) electrons. The monoisotopic (exact) mass is 398 g/mol. The largest absolute Gasteiger partial charge is 0.480 e. The highest BCUT2D eigenvalue weighted by molar-refractivity contribution is 7.89. The zero-order valence-electron chi connectivity index (χ0n) is 14.5. The third-order valence-electron chi connectivity index (χ3n) is 4.16. The molecule has 0 bridgehead atoms. The van der Waals surface area contributed by atoms with E-state index < -0.39 is 39.9 Å². The maximum atomic E-state index is 12.8. The quantitative estimate of drug-likeness (QED) is 0.414. The summed E-state index contributed by atoms with van der Waals surface area (Å²) in [5.41, 5.74) is 5.14. The lowest BCUT2D eigenvalue weighted by atomic mass is 10.2. The first kappa shape index (κ1) is 20.8. The van der Waals surface area contributed by atoms with Gasteiger partial charge in [-0.2, -0.15) is 4.31 Å². The van der Waals surface area contributed by atoms with Crippen molar-refractivity contribution in [3.8, 4) is 0 Å². The highest BCUT2D eigenvalue weighted by atomic mass is 32.2. The van der Waals surface area contributed by atoms with Crippen LogP contribution in [0.1, 0.15) is 12.8 Å². The van der Waals surface area contributed by atoms with Gasteiger partial charge in [0.2, 0.25) is 21.8 Å². The number of carbonyl (C=O) groups is 3. The van der Waals surface area contributed by atoms with Crippen LogP contribution in [-0.2, 0) is 24.4 Å². The molecule has 2 atom stereocenters. The smallest absolute Gasteiger partial charge is 0.328 e. The summed E-state index contributed by atoms with van der Waals surface area (Å²) in [5, 5.41) is 13.8. The first-order chi connectivity index (χ1) is 12.8. The normalized spacial score (nSPS) is 18.6. The Bertz CT molecular complexity index is 798. The minimum absolute atomic E-state index is 0.0645. The van der Waals surface area contributed by atoms with E-state index in [1.165, 1.54) is 12.1 Å². The summed E-state index contributed by atoms with van der Waals surface area (Å²) >= 11 is 0. The molecule has 2 unspecified atom stereocenters. The van der Waals surface area contributed by atoms with Gasteiger partial charge in [0, 0.05) is 13.1 Å². The molecule has 1 aromatic rings. The number of benzene rings is 1. The van der Waals surface area contributed by atoms with E-state index >= 15 is 0 Å². The number of sulfonamides is 1. The van der Waals surface area contributed by atoms with Crippen LogP contribution in [-0.4, -0.2) is 67.3 Å². The number of carbonyl (C=O) groups excluding carboxylic acids is 2. The van der Waals surface area contributed by atoms with Gasteiger partial charge in [0.25, 0.3) is 0 Å². The molecule has 2 rings (SSSR count). The maximum Gasteiger partial charge on any atom is 0.328 e. The van der Waals surface area contributed by atoms with Crippen LogP contribution in [0.3, 0.4) is 0 Å². The lowest BCUT2D eigenvalue weighted by Gasteiger charge is -2.25. The van der Waals surface area contributed by atoms with E-state index in [4.69, 9.17) is 5.73 Å². The number of hydrogen-bond donors (Lipinski definition) is 4. The van der Waals surface area contributed by atoms with E-state index in [9.17, 15) is 27.9 Å². The molecule has 0 saturated carbocycles. The Hall–Kier alpha value is -2.50. The van der Waals surface area contributed by atoms with E-state index in [0.29, 0.717) is 6.42 Å². The minimum Gasteiger partial charge on any atom is -0.480 e. The Balaban J connectivity index is 2.12. The average Bonchev–Trinajstić information content (AvgIpc) is 3.16. The second kappa shape index (κ2) is 8.93. The highest BCUT2D eigenvalue weighted by Gasteiger charge is 2.40. The van der Waals surface area contributed by atoms with Crippen molar-refractivity contribution in [3.05, 3.63) is 30.3 Å². The summed E-state index contributed by atoms with van der Waals surface area (Å²) in [6, 6.07) is 5.31. The van der Waals surface area contributed by atoms with Gasteiger partial charge in [-0.15, -0.1) is 0 Å². The van der Waals surface area contributed by atoms with Crippen LogP contribution in [0.5, 0.6) is 0 Å².